The van der Waals surface area contributed by atoms with E-state index >= 15 is 0 Å². The van der Waals surface area contributed by atoms with Gasteiger partial charge in [0.25, 0.3) is 6.43 Å². The highest BCUT2D eigenvalue weighted by atomic mass is 19.3. The number of aliphatic hydroxyl groups is 1. The van der Waals surface area contributed by atoms with Crippen LogP contribution < -0.4 is 10.2 Å². The van der Waals surface area contributed by atoms with Gasteiger partial charge < -0.3 is 19.8 Å². The molecule has 36 heavy (non-hydrogen) atoms. The fourth-order valence-corrected chi connectivity index (χ4v) is 5.05. The Kier molecular flexibility index (Phi) is 5.19. The molecule has 0 spiro atoms. The number of nitrogens with one attached hydrogen (secondary N) is 1. The lowest BCUT2D eigenvalue weighted by Gasteiger charge is -2.38. The molecule has 2 atom stereocenters. The molecule has 2 aliphatic heterocycles. The lowest BCUT2D eigenvalue weighted by Crippen LogP contribution is -2.47. The van der Waals surface area contributed by atoms with Gasteiger partial charge in [-0.25, -0.2) is 28.1 Å². The number of anilines is 2. The van der Waals surface area contributed by atoms with E-state index in [-0.39, 0.29) is 35.2 Å². The molecule has 6 heterocycles. The number of pyridine rings is 3. The second-order valence-corrected chi connectivity index (χ2v) is 9.20. The van der Waals surface area contributed by atoms with Gasteiger partial charge >= 0.3 is 6.09 Å². The summed E-state index contributed by atoms with van der Waals surface area (Å²) in [4.78, 5) is 25.6. The highest BCUT2D eigenvalue weighted by molar-refractivity contribution is 5.98. The number of ether oxygens (including phenoxy) is 1. The molecule has 2 saturated heterocycles. The number of halogens is 2. The zero-order chi connectivity index (χ0) is 25.0. The molecule has 4 aromatic heterocycles. The summed E-state index contributed by atoms with van der Waals surface area (Å²) in [5, 5.41) is 26.0. The van der Waals surface area contributed by atoms with Gasteiger partial charge in [-0.3, -0.25) is 10.3 Å². The quantitative estimate of drug-likeness (QED) is 0.380. The normalized spacial score (nSPS) is 21.6. The second kappa shape index (κ2) is 8.31. The molecule has 6 rings (SSSR count). The van der Waals surface area contributed by atoms with Gasteiger partial charge in [0.1, 0.15) is 11.5 Å². The molecule has 0 radical (unpaired) electrons. The Bertz CT molecular complexity index is 1500. The summed E-state index contributed by atoms with van der Waals surface area (Å²) in [6, 6.07) is 5.08. The Hall–Kier alpha value is -3.97. The molecular weight excluding hydrogens is 476 g/mol. The summed E-state index contributed by atoms with van der Waals surface area (Å²) < 4.78 is 34.6. The number of piperidine rings is 1. The van der Waals surface area contributed by atoms with Crippen LogP contribution in [0.5, 0.6) is 0 Å². The number of aromatic nitrogens is 5. The minimum atomic E-state index is -2.84. The molecule has 11 nitrogen and oxygen atoms in total. The third-order valence-corrected chi connectivity index (χ3v) is 6.74. The van der Waals surface area contributed by atoms with Crippen LogP contribution in [0.25, 0.3) is 27.8 Å². The van der Waals surface area contributed by atoms with Gasteiger partial charge in [0.2, 0.25) is 0 Å². The Labute approximate surface area is 202 Å². The van der Waals surface area contributed by atoms with E-state index in [0.717, 1.165) is 18.3 Å². The number of amides is 1. The number of hydrogen-bond acceptors (Lipinski definition) is 8. The molecule has 2 fully saturated rings. The molecule has 0 saturated carbocycles. The van der Waals surface area contributed by atoms with Gasteiger partial charge in [-0.2, -0.15) is 0 Å². The zero-order valence-corrected chi connectivity index (χ0v) is 18.8. The van der Waals surface area contributed by atoms with Crippen LogP contribution in [-0.4, -0.2) is 73.3 Å². The fourth-order valence-electron chi connectivity index (χ4n) is 5.05. The number of carbonyl (C=O) groups is 1. The number of fused-ring (bicyclic) bond motifs is 4. The molecule has 3 N–H and O–H groups in total. The lowest BCUT2D eigenvalue weighted by atomic mass is 9.82. The minimum absolute atomic E-state index is 0.0199. The van der Waals surface area contributed by atoms with E-state index in [0.29, 0.717) is 36.3 Å². The largest absolute Gasteiger partial charge is 0.465 e. The zero-order valence-electron chi connectivity index (χ0n) is 18.8. The fraction of sp³-hybridized carbons (Fsp3) is 0.348. The number of carboxylic acid groups (broad SMARTS) is 1. The highest BCUT2D eigenvalue weighted by Gasteiger charge is 2.46. The van der Waals surface area contributed by atoms with Crippen molar-refractivity contribution >= 4 is 34.0 Å². The van der Waals surface area contributed by atoms with Gasteiger partial charge in [-0.1, -0.05) is 0 Å². The smallest absolute Gasteiger partial charge is 0.410 e. The lowest BCUT2D eigenvalue weighted by molar-refractivity contribution is 0.0934. The molecule has 1 amide bonds. The number of rotatable bonds is 5. The maximum Gasteiger partial charge on any atom is 0.410 e. The van der Waals surface area contributed by atoms with Crippen molar-refractivity contribution in [2.45, 2.75) is 19.0 Å². The summed E-state index contributed by atoms with van der Waals surface area (Å²) in [5.74, 6) is 0.222. The van der Waals surface area contributed by atoms with E-state index in [1.807, 2.05) is 12.3 Å². The van der Waals surface area contributed by atoms with Crippen molar-refractivity contribution in [3.63, 3.8) is 0 Å². The predicted octanol–water partition coefficient (Wildman–Crippen LogP) is 2.95. The van der Waals surface area contributed by atoms with Gasteiger partial charge in [-0.15, -0.1) is 5.10 Å². The molecule has 2 aliphatic rings. The van der Waals surface area contributed by atoms with Crippen molar-refractivity contribution in [3.8, 4) is 11.4 Å². The molecule has 0 aromatic carbocycles. The number of nitrogens with zero attached hydrogens (tertiary/aromatic N) is 6. The molecule has 0 aliphatic carbocycles. The van der Waals surface area contributed by atoms with Crippen molar-refractivity contribution < 1.29 is 28.5 Å². The van der Waals surface area contributed by atoms with Gasteiger partial charge in [-0.05, 0) is 24.6 Å². The van der Waals surface area contributed by atoms with Crippen LogP contribution in [0.1, 0.15) is 18.5 Å². The first-order valence-electron chi connectivity index (χ1n) is 11.3. The molecule has 4 aromatic rings. The molecule has 2 bridgehead atoms. The van der Waals surface area contributed by atoms with Crippen LogP contribution in [0.4, 0.5) is 25.1 Å². The molecular formula is C23H21F2N7O4. The second-order valence-electron chi connectivity index (χ2n) is 9.20. The van der Waals surface area contributed by atoms with Gasteiger partial charge in [0.15, 0.2) is 11.5 Å². The standard InChI is InChI=1S/C23H21F2N7O4/c24-20(25)19-15-5-26-17(28-22(34)35)3-14(15)16(6-27-19)21-29-18-2-1-12(7-32(18)30-21)31-8-13-4-23(9-31,10-33)11-36-13/h1-3,5-7,13,20,33H,4,8-11H2,(H,26,28)(H,34,35)/t13?,23-/m1/s1. The first kappa shape index (κ1) is 22.5. The van der Waals surface area contributed by atoms with Crippen molar-refractivity contribution in [1.82, 2.24) is 24.6 Å². The summed E-state index contributed by atoms with van der Waals surface area (Å²) in [5.41, 5.74) is 1.04. The van der Waals surface area contributed by atoms with Crippen molar-refractivity contribution in [1.29, 1.82) is 0 Å². The van der Waals surface area contributed by atoms with Gasteiger partial charge in [0, 0.05) is 47.2 Å². The minimum Gasteiger partial charge on any atom is -0.465 e. The van der Waals surface area contributed by atoms with Crippen molar-refractivity contribution in [2.75, 3.05) is 36.5 Å². The summed E-state index contributed by atoms with van der Waals surface area (Å²) in [7, 11) is 0. The molecule has 1 unspecified atom stereocenters. The third kappa shape index (κ3) is 3.76. The number of aliphatic hydroxyl groups excluding tert-OH is 1. The van der Waals surface area contributed by atoms with Crippen LogP contribution in [0.2, 0.25) is 0 Å². The van der Waals surface area contributed by atoms with Crippen molar-refractivity contribution in [3.05, 3.63) is 42.5 Å². The maximum atomic E-state index is 13.6. The third-order valence-electron chi connectivity index (χ3n) is 6.74. The summed E-state index contributed by atoms with van der Waals surface area (Å²) >= 11 is 0. The van der Waals surface area contributed by atoms with E-state index in [1.54, 1.807) is 10.6 Å². The maximum absolute atomic E-state index is 13.6. The molecule has 186 valence electrons. The first-order chi connectivity index (χ1) is 17.3. The van der Waals surface area contributed by atoms with E-state index in [9.17, 15) is 18.7 Å². The first-order valence-corrected chi connectivity index (χ1v) is 11.3. The Morgan fingerprint density at radius 2 is 2.14 bits per heavy atom. The van der Waals surface area contributed by atoms with E-state index in [1.165, 1.54) is 12.3 Å². The SMILES string of the molecule is O=C(O)Nc1cc2c(-c3nc4ccc(N5CC6C[C@@](CO)(CO6)C5)cn4n3)cnc(C(F)F)c2cn1. The Morgan fingerprint density at radius 3 is 2.92 bits per heavy atom. The molecule has 13 heteroatoms. The monoisotopic (exact) mass is 497 g/mol. The average molecular weight is 497 g/mol. The van der Waals surface area contributed by atoms with Crippen LogP contribution >= 0.6 is 0 Å². The summed E-state index contributed by atoms with van der Waals surface area (Å²) in [6.45, 7) is 1.94. The van der Waals surface area contributed by atoms with E-state index < -0.39 is 18.2 Å². The Balaban J connectivity index is 1.41. The van der Waals surface area contributed by atoms with Gasteiger partial charge in [0.05, 0.1) is 31.2 Å². The predicted molar refractivity (Wildman–Crippen MR) is 124 cm³/mol. The topological polar surface area (TPSA) is 138 Å². The number of hydrogen-bond donors (Lipinski definition) is 3. The summed E-state index contributed by atoms with van der Waals surface area (Å²) in [6.07, 6.45) is 0.960. The van der Waals surface area contributed by atoms with E-state index in [4.69, 9.17) is 9.84 Å². The number of alkyl halides is 2. The van der Waals surface area contributed by atoms with E-state index in [2.05, 4.69) is 30.3 Å². The van der Waals surface area contributed by atoms with Crippen LogP contribution in [0, 0.1) is 5.41 Å². The Morgan fingerprint density at radius 1 is 1.28 bits per heavy atom. The van der Waals surface area contributed by atoms with Crippen molar-refractivity contribution in [2.24, 2.45) is 5.41 Å². The average Bonchev–Trinajstić information content (AvgIpc) is 3.42. The van der Waals surface area contributed by atoms with Crippen LogP contribution in [0.3, 0.4) is 0 Å². The van der Waals surface area contributed by atoms with Crippen LogP contribution in [0.15, 0.2) is 36.8 Å². The highest BCUT2D eigenvalue weighted by Crippen LogP contribution is 2.39. The van der Waals surface area contributed by atoms with Crippen LogP contribution in [-0.2, 0) is 4.74 Å².